The third kappa shape index (κ3) is 2.64. The van der Waals surface area contributed by atoms with Gasteiger partial charge in [0.2, 0.25) is 0 Å². The molecular weight excluding hydrogens is 312 g/mol. The topological polar surface area (TPSA) is 59.5 Å². The predicted octanol–water partition coefficient (Wildman–Crippen LogP) is 1.99. The number of sulfone groups is 1. The Morgan fingerprint density at radius 1 is 1.43 bits per heavy atom. The second-order valence-electron chi connectivity index (χ2n) is 5.92. The molecule has 21 heavy (non-hydrogen) atoms. The zero-order chi connectivity index (χ0) is 15.3. The maximum atomic E-state index is 12.1. The largest absolute Gasteiger partial charge is 0.377 e. The number of hydrogen-bond donors (Lipinski definition) is 0. The number of aromatic nitrogens is 1. The minimum atomic E-state index is -3.15. The van der Waals surface area contributed by atoms with E-state index in [1.807, 2.05) is 6.07 Å². The van der Waals surface area contributed by atoms with Gasteiger partial charge in [-0.25, -0.2) is 13.4 Å². The summed E-state index contributed by atoms with van der Waals surface area (Å²) in [6, 6.07) is 3.76. The van der Waals surface area contributed by atoms with Gasteiger partial charge in [-0.05, 0) is 37.5 Å². The molecule has 2 fully saturated rings. The monoisotopic (exact) mass is 330 g/mol. The Bertz CT molecular complexity index is 658. The first kappa shape index (κ1) is 15.1. The van der Waals surface area contributed by atoms with Gasteiger partial charge in [-0.15, -0.1) is 0 Å². The van der Waals surface area contributed by atoms with Gasteiger partial charge in [-0.2, -0.15) is 0 Å². The van der Waals surface area contributed by atoms with Gasteiger partial charge in [-0.1, -0.05) is 11.6 Å². The van der Waals surface area contributed by atoms with Gasteiger partial charge in [0.1, 0.15) is 11.0 Å². The predicted molar refractivity (Wildman–Crippen MR) is 82.6 cm³/mol. The Balaban J connectivity index is 2.01. The Kier molecular flexibility index (Phi) is 3.66. The van der Waals surface area contributed by atoms with Crippen LogP contribution in [0.15, 0.2) is 12.1 Å². The lowest BCUT2D eigenvalue weighted by molar-refractivity contribution is 0.0985. The van der Waals surface area contributed by atoms with E-state index >= 15 is 0 Å². The van der Waals surface area contributed by atoms with Crippen LogP contribution in [0.2, 0.25) is 5.15 Å². The van der Waals surface area contributed by atoms with Crippen molar-refractivity contribution in [3.63, 3.8) is 0 Å². The molecule has 7 heteroatoms. The number of rotatable bonds is 3. The smallest absolute Gasteiger partial charge is 0.157 e. The molecule has 0 aromatic carbocycles. The summed E-state index contributed by atoms with van der Waals surface area (Å²) < 4.78 is 28.8. The number of morpholine rings is 1. The van der Waals surface area contributed by atoms with Gasteiger partial charge in [0.15, 0.2) is 9.84 Å². The Morgan fingerprint density at radius 2 is 2.14 bits per heavy atom. The fraction of sp³-hybridized carbons (Fsp3) is 0.643. The van der Waals surface area contributed by atoms with Crippen molar-refractivity contribution in [2.24, 2.45) is 0 Å². The first-order valence-corrected chi connectivity index (χ1v) is 9.32. The third-order valence-corrected chi connectivity index (χ3v) is 6.64. The van der Waals surface area contributed by atoms with Crippen LogP contribution in [-0.2, 0) is 19.3 Å². The molecule has 2 heterocycles. The van der Waals surface area contributed by atoms with Gasteiger partial charge in [0, 0.05) is 12.8 Å². The fourth-order valence-electron chi connectivity index (χ4n) is 2.95. The van der Waals surface area contributed by atoms with Crippen LogP contribution in [-0.4, -0.2) is 45.5 Å². The molecule has 0 spiro atoms. The molecule has 5 nitrogen and oxygen atoms in total. The van der Waals surface area contributed by atoms with Gasteiger partial charge in [0.05, 0.1) is 24.0 Å². The number of ether oxygens (including phenoxy) is 1. The molecule has 1 atom stereocenters. The lowest BCUT2D eigenvalue weighted by atomic mass is 10.1. The van der Waals surface area contributed by atoms with E-state index in [0.717, 1.165) is 17.9 Å². The summed E-state index contributed by atoms with van der Waals surface area (Å²) in [6.07, 6.45) is 2.61. The lowest BCUT2D eigenvalue weighted by Gasteiger charge is -2.34. The Labute approximate surface area is 130 Å². The van der Waals surface area contributed by atoms with Crippen LogP contribution in [0.1, 0.15) is 25.3 Å². The quantitative estimate of drug-likeness (QED) is 0.793. The number of halogens is 1. The van der Waals surface area contributed by atoms with Crippen LogP contribution in [0.3, 0.4) is 0 Å². The van der Waals surface area contributed by atoms with Crippen LogP contribution in [0, 0.1) is 0 Å². The van der Waals surface area contributed by atoms with E-state index in [9.17, 15) is 8.42 Å². The number of pyridine rings is 1. The maximum Gasteiger partial charge on any atom is 0.157 e. The molecule has 0 radical (unpaired) electrons. The van der Waals surface area contributed by atoms with Crippen LogP contribution in [0.4, 0.5) is 5.82 Å². The van der Waals surface area contributed by atoms with Crippen molar-refractivity contribution in [3.05, 3.63) is 22.8 Å². The molecule has 2 aliphatic rings. The molecule has 1 aromatic heterocycles. The summed E-state index contributed by atoms with van der Waals surface area (Å²) in [5.41, 5.74) is 0.763. The maximum absolute atomic E-state index is 12.1. The van der Waals surface area contributed by atoms with E-state index in [2.05, 4.69) is 16.8 Å². The van der Waals surface area contributed by atoms with Crippen molar-refractivity contribution in [2.75, 3.05) is 30.9 Å². The van der Waals surface area contributed by atoms with E-state index in [1.54, 1.807) is 6.07 Å². The molecule has 0 N–H and O–H groups in total. The van der Waals surface area contributed by atoms with Gasteiger partial charge in [0.25, 0.3) is 0 Å². The minimum Gasteiger partial charge on any atom is -0.377 e. The van der Waals surface area contributed by atoms with Crippen LogP contribution in [0.25, 0.3) is 0 Å². The van der Waals surface area contributed by atoms with Crippen molar-refractivity contribution in [1.82, 2.24) is 4.98 Å². The SMILES string of the molecule is C[C@@H]1COCCN1c1cc(C2(S(C)(=O)=O)CC2)cc(Cl)n1. The molecule has 3 rings (SSSR count). The third-order valence-electron chi connectivity index (χ3n) is 4.38. The first-order valence-electron chi connectivity index (χ1n) is 7.05. The summed E-state index contributed by atoms with van der Waals surface area (Å²) in [6.45, 7) is 4.08. The molecule has 1 saturated carbocycles. The fourth-order valence-corrected chi connectivity index (χ4v) is 4.54. The van der Waals surface area contributed by atoms with E-state index in [0.29, 0.717) is 31.2 Å². The summed E-state index contributed by atoms with van der Waals surface area (Å²) in [5.74, 6) is 0.739. The van der Waals surface area contributed by atoms with Gasteiger partial charge < -0.3 is 9.64 Å². The molecule has 1 aliphatic carbocycles. The zero-order valence-corrected chi connectivity index (χ0v) is 13.7. The molecule has 0 unspecified atom stereocenters. The van der Waals surface area contributed by atoms with E-state index in [-0.39, 0.29) is 6.04 Å². The summed E-state index contributed by atoms with van der Waals surface area (Å²) in [4.78, 5) is 6.49. The second kappa shape index (κ2) is 5.11. The molecule has 116 valence electrons. The number of nitrogens with zero attached hydrogens (tertiary/aromatic N) is 2. The molecule has 1 aliphatic heterocycles. The van der Waals surface area contributed by atoms with Crippen LogP contribution >= 0.6 is 11.6 Å². The highest BCUT2D eigenvalue weighted by Gasteiger charge is 2.53. The van der Waals surface area contributed by atoms with Crippen LogP contribution in [0.5, 0.6) is 0 Å². The number of hydrogen-bond acceptors (Lipinski definition) is 5. The average Bonchev–Trinajstić information content (AvgIpc) is 3.19. The highest BCUT2D eigenvalue weighted by atomic mass is 35.5. The second-order valence-corrected chi connectivity index (χ2v) is 8.63. The molecular formula is C14H19ClN2O3S. The van der Waals surface area contributed by atoms with Gasteiger partial charge >= 0.3 is 0 Å². The summed E-state index contributed by atoms with van der Waals surface area (Å²) in [5, 5.41) is 0.344. The first-order chi connectivity index (χ1) is 9.83. The highest BCUT2D eigenvalue weighted by Crippen LogP contribution is 2.53. The Morgan fingerprint density at radius 3 is 2.71 bits per heavy atom. The minimum absolute atomic E-state index is 0.200. The molecule has 0 bridgehead atoms. The van der Waals surface area contributed by atoms with E-state index < -0.39 is 14.6 Å². The molecule has 1 saturated heterocycles. The van der Waals surface area contributed by atoms with Gasteiger partial charge in [-0.3, -0.25) is 0 Å². The molecule has 0 amide bonds. The average molecular weight is 331 g/mol. The highest BCUT2D eigenvalue weighted by molar-refractivity contribution is 7.92. The molecule has 1 aromatic rings. The summed E-state index contributed by atoms with van der Waals surface area (Å²) in [7, 11) is -3.15. The number of anilines is 1. The van der Waals surface area contributed by atoms with Crippen molar-refractivity contribution >= 4 is 27.3 Å². The van der Waals surface area contributed by atoms with E-state index in [1.165, 1.54) is 6.26 Å². The lowest BCUT2D eigenvalue weighted by Crippen LogP contribution is -2.44. The normalized spacial score (nSPS) is 24.9. The van der Waals surface area contributed by atoms with Crippen molar-refractivity contribution in [3.8, 4) is 0 Å². The Hall–Kier alpha value is -0.850. The zero-order valence-electron chi connectivity index (χ0n) is 12.2. The van der Waals surface area contributed by atoms with Crippen molar-refractivity contribution in [1.29, 1.82) is 0 Å². The van der Waals surface area contributed by atoms with E-state index in [4.69, 9.17) is 16.3 Å². The van der Waals surface area contributed by atoms with Crippen molar-refractivity contribution < 1.29 is 13.2 Å². The summed E-state index contributed by atoms with van der Waals surface area (Å²) >= 11 is 6.14. The van der Waals surface area contributed by atoms with Crippen molar-refractivity contribution in [2.45, 2.75) is 30.6 Å². The van der Waals surface area contributed by atoms with Crippen LogP contribution < -0.4 is 4.90 Å². The standard InChI is InChI=1S/C14H19ClN2O3S/c1-10-9-20-6-5-17(10)13-8-11(7-12(15)16-13)14(3-4-14)21(2,18)19/h7-8,10H,3-6,9H2,1-2H3/t10-/m1/s1.